The fraction of sp³-hybridized carbons (Fsp3) is 0.500. The zero-order chi connectivity index (χ0) is 20.0. The van der Waals surface area contributed by atoms with E-state index in [0.29, 0.717) is 11.1 Å². The van der Waals surface area contributed by atoms with Gasteiger partial charge < -0.3 is 19.7 Å². The Kier molecular flexibility index (Phi) is 5.05. The third kappa shape index (κ3) is 2.56. The number of carbonyl (C=O) groups is 2. The van der Waals surface area contributed by atoms with Crippen LogP contribution in [0.1, 0.15) is 27.7 Å². The Hall–Kier alpha value is -2.18. The second-order valence-corrected chi connectivity index (χ2v) is 7.27. The molecule has 0 spiro atoms. The number of esters is 2. The fourth-order valence-electron chi connectivity index (χ4n) is 3.90. The van der Waals surface area contributed by atoms with Gasteiger partial charge in [-0.1, -0.05) is 37.8 Å². The molecule has 1 heterocycles. The smallest absolute Gasteiger partial charge is 0.337 e. The van der Waals surface area contributed by atoms with Gasteiger partial charge in [0.25, 0.3) is 0 Å². The molecular formula is C20H26O6. The van der Waals surface area contributed by atoms with E-state index in [-0.39, 0.29) is 5.57 Å². The van der Waals surface area contributed by atoms with Crippen molar-refractivity contribution in [2.45, 2.75) is 51.6 Å². The van der Waals surface area contributed by atoms with Gasteiger partial charge in [-0.3, -0.25) is 0 Å². The summed E-state index contributed by atoms with van der Waals surface area (Å²) in [5, 5.41) is 22.1. The number of hydrogen-bond acceptors (Lipinski definition) is 6. The topological polar surface area (TPSA) is 93.1 Å². The minimum absolute atomic E-state index is 0.267. The van der Waals surface area contributed by atoms with Gasteiger partial charge in [-0.15, -0.1) is 6.58 Å². The van der Waals surface area contributed by atoms with Crippen LogP contribution in [0.15, 0.2) is 48.6 Å². The number of aliphatic hydroxyl groups is 2. The minimum Gasteiger partial charge on any atom is -0.455 e. The predicted molar refractivity (Wildman–Crippen MR) is 95.9 cm³/mol. The lowest BCUT2D eigenvalue weighted by molar-refractivity contribution is -0.228. The van der Waals surface area contributed by atoms with Crippen LogP contribution in [0.2, 0.25) is 0 Å². The second kappa shape index (κ2) is 6.52. The average Bonchev–Trinajstić information content (AvgIpc) is 2.82. The lowest BCUT2D eigenvalue weighted by Gasteiger charge is -2.54. The highest BCUT2D eigenvalue weighted by molar-refractivity contribution is 5.93. The first-order valence-electron chi connectivity index (χ1n) is 8.40. The summed E-state index contributed by atoms with van der Waals surface area (Å²) >= 11 is 0. The number of carbonyl (C=O) groups excluding carboxylic acids is 2. The molecule has 1 saturated carbocycles. The van der Waals surface area contributed by atoms with Crippen molar-refractivity contribution in [3.63, 3.8) is 0 Å². The highest BCUT2D eigenvalue weighted by Gasteiger charge is 2.70. The highest BCUT2D eigenvalue weighted by atomic mass is 16.6. The van der Waals surface area contributed by atoms with Gasteiger partial charge >= 0.3 is 11.9 Å². The van der Waals surface area contributed by atoms with Crippen LogP contribution in [0.25, 0.3) is 0 Å². The maximum absolute atomic E-state index is 12.3. The largest absolute Gasteiger partial charge is 0.455 e. The molecule has 6 unspecified atom stereocenters. The van der Waals surface area contributed by atoms with Gasteiger partial charge in [0.05, 0.1) is 5.57 Å². The summed E-state index contributed by atoms with van der Waals surface area (Å²) in [4.78, 5) is 24.4. The third-order valence-electron chi connectivity index (χ3n) is 5.68. The minimum atomic E-state index is -2.09. The molecule has 2 fully saturated rings. The number of ether oxygens (including phenoxy) is 2. The van der Waals surface area contributed by atoms with Gasteiger partial charge in [0, 0.05) is 16.9 Å². The van der Waals surface area contributed by atoms with Crippen molar-refractivity contribution in [1.82, 2.24) is 0 Å². The van der Waals surface area contributed by atoms with Gasteiger partial charge in [0.15, 0.2) is 5.60 Å². The van der Waals surface area contributed by atoms with Crippen molar-refractivity contribution in [2.75, 3.05) is 0 Å². The number of allylic oxidation sites excluding steroid dienone is 1. The lowest BCUT2D eigenvalue weighted by atomic mass is 9.56. The summed E-state index contributed by atoms with van der Waals surface area (Å²) in [5.74, 6) is -2.07. The Labute approximate surface area is 153 Å². The van der Waals surface area contributed by atoms with E-state index in [2.05, 4.69) is 19.7 Å². The van der Waals surface area contributed by atoms with Crippen molar-refractivity contribution in [1.29, 1.82) is 0 Å². The SMILES string of the molecule is C=CC1(C)C(OC(=O)C(C)=CC)C(O)C2(O)C(=C)C(=O)OC2C1C(=C)C. The molecule has 6 nitrogen and oxygen atoms in total. The summed E-state index contributed by atoms with van der Waals surface area (Å²) in [6.07, 6.45) is -0.795. The molecule has 0 amide bonds. The summed E-state index contributed by atoms with van der Waals surface area (Å²) in [6, 6.07) is 0. The predicted octanol–water partition coefficient (Wildman–Crippen LogP) is 1.84. The molecule has 2 rings (SSSR count). The number of fused-ring (bicyclic) bond motifs is 1. The molecule has 1 aliphatic carbocycles. The van der Waals surface area contributed by atoms with Crippen molar-refractivity contribution in [2.24, 2.45) is 11.3 Å². The van der Waals surface area contributed by atoms with Gasteiger partial charge in [0.2, 0.25) is 0 Å². The van der Waals surface area contributed by atoms with E-state index >= 15 is 0 Å². The highest BCUT2D eigenvalue weighted by Crippen LogP contribution is 2.55. The van der Waals surface area contributed by atoms with Crippen LogP contribution in [0.5, 0.6) is 0 Å². The van der Waals surface area contributed by atoms with E-state index in [1.807, 2.05) is 0 Å². The quantitative estimate of drug-likeness (QED) is 0.450. The van der Waals surface area contributed by atoms with E-state index in [0.717, 1.165) is 0 Å². The zero-order valence-electron chi connectivity index (χ0n) is 15.6. The Morgan fingerprint density at radius 2 is 1.96 bits per heavy atom. The van der Waals surface area contributed by atoms with Gasteiger partial charge in [-0.05, 0) is 20.8 Å². The van der Waals surface area contributed by atoms with E-state index < -0.39 is 47.2 Å². The molecule has 2 N–H and O–H groups in total. The molecule has 6 heteroatoms. The Morgan fingerprint density at radius 3 is 2.42 bits per heavy atom. The first kappa shape index (κ1) is 20.1. The maximum atomic E-state index is 12.3. The maximum Gasteiger partial charge on any atom is 0.337 e. The summed E-state index contributed by atoms with van der Waals surface area (Å²) in [7, 11) is 0. The van der Waals surface area contributed by atoms with Crippen molar-refractivity contribution >= 4 is 11.9 Å². The van der Waals surface area contributed by atoms with Crippen LogP contribution in [0.3, 0.4) is 0 Å². The van der Waals surface area contributed by atoms with Crippen molar-refractivity contribution in [3.05, 3.63) is 48.6 Å². The van der Waals surface area contributed by atoms with Crippen molar-refractivity contribution < 1.29 is 29.3 Å². The van der Waals surface area contributed by atoms with Crippen LogP contribution in [-0.4, -0.2) is 46.1 Å². The molecule has 0 bridgehead atoms. The van der Waals surface area contributed by atoms with Crippen LogP contribution < -0.4 is 0 Å². The second-order valence-electron chi connectivity index (χ2n) is 7.27. The number of rotatable bonds is 4. The van der Waals surface area contributed by atoms with Crippen LogP contribution in [0.4, 0.5) is 0 Å². The van der Waals surface area contributed by atoms with Gasteiger partial charge in [-0.25, -0.2) is 9.59 Å². The van der Waals surface area contributed by atoms with E-state index in [1.165, 1.54) is 6.08 Å². The Balaban J connectivity index is 2.64. The van der Waals surface area contributed by atoms with Gasteiger partial charge in [0.1, 0.15) is 18.3 Å². The average molecular weight is 362 g/mol. The first-order chi connectivity index (χ1) is 12.0. The molecule has 6 atom stereocenters. The van der Waals surface area contributed by atoms with E-state index in [4.69, 9.17) is 9.47 Å². The Morgan fingerprint density at radius 1 is 1.38 bits per heavy atom. The first-order valence-corrected chi connectivity index (χ1v) is 8.40. The standard InChI is InChI=1S/C20H26O6/c1-8-11(5)17(22)26-16-14(21)20(24)12(6)18(23)25-15(20)13(10(3)4)19(16,7)9-2/h8-9,13-16,21,24H,2-3,6H2,1,4-5,7H3. The van der Waals surface area contributed by atoms with Gasteiger partial charge in [-0.2, -0.15) is 0 Å². The van der Waals surface area contributed by atoms with Crippen molar-refractivity contribution in [3.8, 4) is 0 Å². The molecule has 0 aromatic rings. The molecule has 0 aromatic carbocycles. The molecule has 1 saturated heterocycles. The zero-order valence-corrected chi connectivity index (χ0v) is 15.6. The van der Waals surface area contributed by atoms with Crippen LogP contribution >= 0.6 is 0 Å². The summed E-state index contributed by atoms with van der Waals surface area (Å²) < 4.78 is 10.9. The molecular weight excluding hydrogens is 336 g/mol. The normalized spacial score (nSPS) is 39.8. The number of aliphatic hydroxyl groups excluding tert-OH is 1. The van der Waals surface area contributed by atoms with Crippen LogP contribution in [0, 0.1) is 11.3 Å². The number of hydrogen-bond donors (Lipinski definition) is 2. The molecule has 1 aliphatic heterocycles. The lowest BCUT2D eigenvalue weighted by Crippen LogP contribution is -2.69. The van der Waals surface area contributed by atoms with E-state index in [1.54, 1.807) is 33.8 Å². The third-order valence-corrected chi connectivity index (χ3v) is 5.68. The van der Waals surface area contributed by atoms with Crippen LogP contribution in [-0.2, 0) is 19.1 Å². The Bertz CT molecular complexity index is 720. The molecule has 2 aliphatic rings. The molecule has 0 aromatic heterocycles. The molecule has 142 valence electrons. The molecule has 0 radical (unpaired) electrons. The summed E-state index contributed by atoms with van der Waals surface area (Å²) in [6.45, 7) is 18.0. The summed E-state index contributed by atoms with van der Waals surface area (Å²) in [5.41, 5.74) is -2.44. The van der Waals surface area contributed by atoms with E-state index in [9.17, 15) is 19.8 Å². The monoisotopic (exact) mass is 362 g/mol. The molecule has 26 heavy (non-hydrogen) atoms. The fourth-order valence-corrected chi connectivity index (χ4v) is 3.90.